The molecule has 0 atom stereocenters. The van der Waals surface area contributed by atoms with Crippen molar-refractivity contribution in [1.82, 2.24) is 0 Å². The molecule has 2 fully saturated rings. The first-order chi connectivity index (χ1) is 10.8. The number of hydrogen-bond donors (Lipinski definition) is 0. The van der Waals surface area contributed by atoms with Crippen LogP contribution in [-0.4, -0.2) is 0 Å². The Labute approximate surface area is 137 Å². The van der Waals surface area contributed by atoms with Crippen molar-refractivity contribution in [2.45, 2.75) is 70.1 Å². The van der Waals surface area contributed by atoms with E-state index in [0.717, 1.165) is 23.7 Å². The molecule has 22 heavy (non-hydrogen) atoms. The molecule has 0 heteroatoms. The Morgan fingerprint density at radius 3 is 1.86 bits per heavy atom. The standard InChI is InChI=1S/C22H32/c1-2-18-8-10-19(11-9-18)12-13-20-14-16-22(17-15-20)21-6-4-3-5-7-21/h2-7,18-20,22H,1,8-17H2. The molecule has 1 aromatic rings. The number of benzene rings is 1. The first kappa shape index (κ1) is 15.8. The zero-order valence-corrected chi connectivity index (χ0v) is 14.1. The summed E-state index contributed by atoms with van der Waals surface area (Å²) in [5.74, 6) is 3.68. The maximum atomic E-state index is 3.96. The van der Waals surface area contributed by atoms with Gasteiger partial charge in [-0.15, -0.1) is 6.58 Å². The van der Waals surface area contributed by atoms with Crippen LogP contribution in [0.5, 0.6) is 0 Å². The maximum absolute atomic E-state index is 3.96. The lowest BCUT2D eigenvalue weighted by atomic mass is 9.74. The van der Waals surface area contributed by atoms with Crippen molar-refractivity contribution in [1.29, 1.82) is 0 Å². The second-order valence-electron chi connectivity index (χ2n) is 7.72. The van der Waals surface area contributed by atoms with Crippen LogP contribution >= 0.6 is 0 Å². The molecule has 0 heterocycles. The average Bonchev–Trinajstić information content (AvgIpc) is 2.61. The molecule has 0 nitrogen and oxygen atoms in total. The van der Waals surface area contributed by atoms with Crippen LogP contribution in [0.15, 0.2) is 43.0 Å². The van der Waals surface area contributed by atoms with E-state index in [0.29, 0.717) is 0 Å². The lowest BCUT2D eigenvalue weighted by Gasteiger charge is -2.31. The molecule has 0 spiro atoms. The summed E-state index contributed by atoms with van der Waals surface area (Å²) in [6, 6.07) is 11.2. The molecule has 0 saturated heterocycles. The van der Waals surface area contributed by atoms with Gasteiger partial charge in [-0.1, -0.05) is 49.2 Å². The summed E-state index contributed by atoms with van der Waals surface area (Å²) >= 11 is 0. The Kier molecular flexibility index (Phi) is 5.76. The van der Waals surface area contributed by atoms with Gasteiger partial charge in [0.25, 0.3) is 0 Å². The van der Waals surface area contributed by atoms with E-state index in [1.807, 2.05) is 0 Å². The molecule has 2 aliphatic rings. The molecule has 2 aliphatic carbocycles. The lowest BCUT2D eigenvalue weighted by molar-refractivity contribution is 0.246. The molecule has 0 aromatic heterocycles. The zero-order valence-electron chi connectivity index (χ0n) is 14.1. The minimum absolute atomic E-state index is 0.817. The predicted octanol–water partition coefficient (Wildman–Crippen LogP) is 6.73. The van der Waals surface area contributed by atoms with Crippen molar-refractivity contribution in [2.75, 3.05) is 0 Å². The van der Waals surface area contributed by atoms with Gasteiger partial charge in [0, 0.05) is 0 Å². The van der Waals surface area contributed by atoms with Crippen LogP contribution in [0, 0.1) is 17.8 Å². The molecule has 0 aliphatic heterocycles. The molecule has 0 bridgehead atoms. The van der Waals surface area contributed by atoms with Crippen LogP contribution in [0.2, 0.25) is 0 Å². The summed E-state index contributed by atoms with van der Waals surface area (Å²) in [6.45, 7) is 3.96. The van der Waals surface area contributed by atoms with Crippen molar-refractivity contribution in [3.63, 3.8) is 0 Å². The van der Waals surface area contributed by atoms with Gasteiger partial charge in [0.2, 0.25) is 0 Å². The van der Waals surface area contributed by atoms with Crippen molar-refractivity contribution >= 4 is 0 Å². The molecule has 0 N–H and O–H groups in total. The molecular weight excluding hydrogens is 264 g/mol. The van der Waals surface area contributed by atoms with Gasteiger partial charge in [0.15, 0.2) is 0 Å². The quantitative estimate of drug-likeness (QED) is 0.528. The second-order valence-corrected chi connectivity index (χ2v) is 7.72. The Morgan fingerprint density at radius 2 is 1.32 bits per heavy atom. The average molecular weight is 296 g/mol. The summed E-state index contributed by atoms with van der Waals surface area (Å²) in [4.78, 5) is 0. The van der Waals surface area contributed by atoms with E-state index in [1.54, 1.807) is 5.56 Å². The highest BCUT2D eigenvalue weighted by atomic mass is 14.3. The first-order valence-electron chi connectivity index (χ1n) is 9.52. The molecule has 2 saturated carbocycles. The molecule has 120 valence electrons. The van der Waals surface area contributed by atoms with Gasteiger partial charge in [0.1, 0.15) is 0 Å². The molecule has 0 radical (unpaired) electrons. The Morgan fingerprint density at radius 1 is 0.773 bits per heavy atom. The third-order valence-corrected chi connectivity index (χ3v) is 6.33. The summed E-state index contributed by atoms with van der Waals surface area (Å²) in [7, 11) is 0. The Bertz CT molecular complexity index is 430. The SMILES string of the molecule is C=CC1CCC(CCC2CCC(c3ccccc3)CC2)CC1. The molecule has 0 amide bonds. The van der Waals surface area contributed by atoms with E-state index in [9.17, 15) is 0 Å². The third kappa shape index (κ3) is 4.24. The highest BCUT2D eigenvalue weighted by Gasteiger charge is 2.24. The maximum Gasteiger partial charge on any atom is -0.0162 e. The van der Waals surface area contributed by atoms with Crippen LogP contribution in [0.4, 0.5) is 0 Å². The normalized spacial score (nSPS) is 32.5. The Balaban J connectivity index is 1.37. The fourth-order valence-electron chi connectivity index (χ4n) is 4.69. The fraction of sp³-hybridized carbons (Fsp3) is 0.636. The van der Waals surface area contributed by atoms with Crippen molar-refractivity contribution in [3.05, 3.63) is 48.6 Å². The molecule has 1 aromatic carbocycles. The topological polar surface area (TPSA) is 0 Å². The van der Waals surface area contributed by atoms with Crippen molar-refractivity contribution < 1.29 is 0 Å². The van der Waals surface area contributed by atoms with Crippen LogP contribution in [0.3, 0.4) is 0 Å². The third-order valence-electron chi connectivity index (χ3n) is 6.33. The summed E-state index contributed by atoms with van der Waals surface area (Å²) in [5, 5.41) is 0. The summed E-state index contributed by atoms with van der Waals surface area (Å²) < 4.78 is 0. The van der Waals surface area contributed by atoms with Gasteiger partial charge >= 0.3 is 0 Å². The van der Waals surface area contributed by atoms with E-state index in [4.69, 9.17) is 0 Å². The van der Waals surface area contributed by atoms with E-state index in [-0.39, 0.29) is 0 Å². The number of hydrogen-bond acceptors (Lipinski definition) is 0. The highest BCUT2D eigenvalue weighted by Crippen LogP contribution is 2.39. The van der Waals surface area contributed by atoms with Gasteiger partial charge in [-0.25, -0.2) is 0 Å². The van der Waals surface area contributed by atoms with Gasteiger partial charge < -0.3 is 0 Å². The van der Waals surface area contributed by atoms with Crippen molar-refractivity contribution in [2.24, 2.45) is 17.8 Å². The highest BCUT2D eigenvalue weighted by molar-refractivity contribution is 5.19. The number of allylic oxidation sites excluding steroid dienone is 1. The minimum atomic E-state index is 0.817. The van der Waals surface area contributed by atoms with Gasteiger partial charge in [0.05, 0.1) is 0 Å². The smallest absolute Gasteiger partial charge is 0.0162 e. The van der Waals surface area contributed by atoms with E-state index in [1.165, 1.54) is 64.2 Å². The van der Waals surface area contributed by atoms with Gasteiger partial charge in [-0.05, 0) is 80.6 Å². The van der Waals surface area contributed by atoms with Crippen molar-refractivity contribution in [3.8, 4) is 0 Å². The van der Waals surface area contributed by atoms with E-state index in [2.05, 4.69) is 43.0 Å². The number of rotatable bonds is 5. The van der Waals surface area contributed by atoms with Crippen LogP contribution in [-0.2, 0) is 0 Å². The van der Waals surface area contributed by atoms with Gasteiger partial charge in [-0.2, -0.15) is 0 Å². The molecular formula is C22H32. The summed E-state index contributed by atoms with van der Waals surface area (Å²) in [5.41, 5.74) is 1.57. The van der Waals surface area contributed by atoms with Crippen LogP contribution in [0.1, 0.15) is 75.7 Å². The monoisotopic (exact) mass is 296 g/mol. The predicted molar refractivity (Wildman–Crippen MR) is 96.0 cm³/mol. The van der Waals surface area contributed by atoms with E-state index < -0.39 is 0 Å². The Hall–Kier alpha value is -1.04. The molecule has 0 unspecified atom stereocenters. The second kappa shape index (κ2) is 7.99. The fourth-order valence-corrected chi connectivity index (χ4v) is 4.69. The minimum Gasteiger partial charge on any atom is -0.103 e. The van der Waals surface area contributed by atoms with E-state index >= 15 is 0 Å². The lowest BCUT2D eigenvalue weighted by Crippen LogP contribution is -2.17. The largest absolute Gasteiger partial charge is 0.103 e. The van der Waals surface area contributed by atoms with Gasteiger partial charge in [-0.3, -0.25) is 0 Å². The van der Waals surface area contributed by atoms with Crippen LogP contribution in [0.25, 0.3) is 0 Å². The van der Waals surface area contributed by atoms with Crippen LogP contribution < -0.4 is 0 Å². The zero-order chi connectivity index (χ0) is 15.2. The summed E-state index contributed by atoms with van der Waals surface area (Å²) in [6.07, 6.45) is 16.6. The first-order valence-corrected chi connectivity index (χ1v) is 9.52. The molecule has 3 rings (SSSR count).